The van der Waals surface area contributed by atoms with Gasteiger partial charge >= 0.3 is 0 Å². The molecule has 4 aromatic carbocycles. The first kappa shape index (κ1) is 33.9. The van der Waals surface area contributed by atoms with Crippen LogP contribution < -0.4 is 9.80 Å². The number of benzene rings is 4. The molecule has 9 nitrogen and oxygen atoms in total. The van der Waals surface area contributed by atoms with Gasteiger partial charge in [-0.1, -0.05) is 79.7 Å². The number of fused-ring (bicyclic) bond motifs is 3. The average molecular weight is 690 g/mol. The first-order valence-corrected chi connectivity index (χ1v) is 20.3. The molecule has 1 fully saturated rings. The molecule has 0 radical (unpaired) electrons. The van der Waals surface area contributed by atoms with E-state index in [-0.39, 0.29) is 37.4 Å². The lowest BCUT2D eigenvalue weighted by Crippen LogP contribution is -2.48. The summed E-state index contributed by atoms with van der Waals surface area (Å²) >= 11 is 0. The van der Waals surface area contributed by atoms with E-state index in [2.05, 4.69) is 0 Å². The smallest absolute Gasteiger partial charge is 0.264 e. The van der Waals surface area contributed by atoms with Gasteiger partial charge in [-0.3, -0.25) is 19.3 Å². The Labute approximate surface area is 293 Å². The van der Waals surface area contributed by atoms with E-state index in [9.17, 15) is 24.3 Å². The zero-order valence-electron chi connectivity index (χ0n) is 28.6. The molecular weight excluding hydrogens is 647 g/mol. The Hall–Kier alpha value is -4.61. The predicted octanol–water partition coefficient (Wildman–Crippen LogP) is 5.66. The minimum Gasteiger partial charge on any atom is -0.432 e. The number of amides is 3. The lowest BCUT2D eigenvalue weighted by atomic mass is 9.82. The molecule has 2 N–H and O–H groups in total. The number of aliphatic hydroxyl groups excluding tert-OH is 1. The predicted molar refractivity (Wildman–Crippen MR) is 194 cm³/mol. The van der Waals surface area contributed by atoms with Crippen molar-refractivity contribution >= 4 is 43.6 Å². The molecule has 0 bridgehead atoms. The van der Waals surface area contributed by atoms with E-state index in [4.69, 9.17) is 4.74 Å². The van der Waals surface area contributed by atoms with Gasteiger partial charge in [0.15, 0.2) is 13.9 Å². The highest BCUT2D eigenvalue weighted by Gasteiger charge is 2.66. The minimum atomic E-state index is -3.00. The van der Waals surface area contributed by atoms with Crippen molar-refractivity contribution in [1.82, 2.24) is 4.90 Å². The lowest BCUT2D eigenvalue weighted by Gasteiger charge is -2.37. The Morgan fingerprint density at radius 3 is 2.36 bits per heavy atom. The number of rotatable bonds is 9. The molecule has 0 unspecified atom stereocenters. The number of anilines is 3. The van der Waals surface area contributed by atoms with Crippen molar-refractivity contribution in [2.75, 3.05) is 16.4 Å². The second-order valence-electron chi connectivity index (χ2n) is 14.3. The summed E-state index contributed by atoms with van der Waals surface area (Å²) in [7, 11) is -3.00. The summed E-state index contributed by atoms with van der Waals surface area (Å²) in [5, 5.41) is 10.3. The summed E-state index contributed by atoms with van der Waals surface area (Å²) in [6.07, 6.45) is 0.631. The summed E-state index contributed by atoms with van der Waals surface area (Å²) in [6, 6.07) is 32.2. The maximum absolute atomic E-state index is 14.9. The molecule has 3 aliphatic heterocycles. The molecule has 258 valence electrons. The van der Waals surface area contributed by atoms with Crippen LogP contribution in [0.5, 0.6) is 0 Å². The van der Waals surface area contributed by atoms with Crippen LogP contribution >= 0.6 is 0 Å². The summed E-state index contributed by atoms with van der Waals surface area (Å²) in [5.41, 5.74) is 4.07. The summed E-state index contributed by atoms with van der Waals surface area (Å²) < 4.78 is 6.92. The number of hydrogen-bond donors (Lipinski definition) is 2. The molecule has 0 aromatic heterocycles. The van der Waals surface area contributed by atoms with Gasteiger partial charge in [0.25, 0.3) is 5.91 Å². The van der Waals surface area contributed by atoms with Gasteiger partial charge in [0.2, 0.25) is 12.3 Å². The quantitative estimate of drug-likeness (QED) is 0.173. The van der Waals surface area contributed by atoms with Gasteiger partial charge in [0.1, 0.15) is 0 Å². The van der Waals surface area contributed by atoms with E-state index in [1.54, 1.807) is 14.7 Å². The normalized spacial score (nSPS) is 24.3. The standard InChI is InChI=1S/C40H43N3O6Si/c1-27-38(50(2,3)48)36(22-37(46)41-24-30-14-8-7-13-29(30)21-33(41)25-44)49-40(27)34-18-9-10-19-35(34)42(39(40)47)23-28-12-11-17-32(20-28)43(26-45)31-15-5-4-6-16-31/h4-20,26-27,33,36,38,44,48H,21-25H2,1-3H3/t27-,33-,36+,38-,40+/m0/s1. The highest BCUT2D eigenvalue weighted by molar-refractivity contribution is 6.71. The van der Waals surface area contributed by atoms with E-state index < -0.39 is 31.5 Å². The third-order valence-electron chi connectivity index (χ3n) is 10.8. The molecule has 50 heavy (non-hydrogen) atoms. The fourth-order valence-corrected chi connectivity index (χ4v) is 11.1. The Balaban J connectivity index is 1.20. The second kappa shape index (κ2) is 13.3. The Bertz CT molecular complexity index is 1910. The maximum atomic E-state index is 14.9. The molecule has 1 spiro atoms. The fourth-order valence-electron chi connectivity index (χ4n) is 8.57. The number of ether oxygens (including phenoxy) is 1. The van der Waals surface area contributed by atoms with Crippen LogP contribution in [0.3, 0.4) is 0 Å². The second-order valence-corrected chi connectivity index (χ2v) is 18.3. The van der Waals surface area contributed by atoms with Gasteiger partial charge in [-0.25, -0.2) is 0 Å². The van der Waals surface area contributed by atoms with E-state index in [1.165, 1.54) is 0 Å². The molecule has 7 rings (SSSR count). The van der Waals surface area contributed by atoms with Crippen molar-refractivity contribution in [1.29, 1.82) is 0 Å². The first-order valence-electron chi connectivity index (χ1n) is 17.2. The topological polar surface area (TPSA) is 111 Å². The van der Waals surface area contributed by atoms with Gasteiger partial charge in [-0.2, -0.15) is 0 Å². The van der Waals surface area contributed by atoms with Crippen LogP contribution in [0, 0.1) is 5.92 Å². The van der Waals surface area contributed by atoms with Crippen molar-refractivity contribution in [3.63, 3.8) is 0 Å². The Morgan fingerprint density at radius 2 is 1.64 bits per heavy atom. The van der Waals surface area contributed by atoms with Crippen molar-refractivity contribution in [3.8, 4) is 0 Å². The molecule has 3 amide bonds. The van der Waals surface area contributed by atoms with Crippen LogP contribution in [-0.4, -0.2) is 60.1 Å². The molecule has 0 aliphatic carbocycles. The third kappa shape index (κ3) is 5.75. The molecule has 3 aliphatic rings. The molecule has 4 aromatic rings. The molecular formula is C40H43N3O6Si. The fraction of sp³-hybridized carbons (Fsp3) is 0.325. The lowest BCUT2D eigenvalue weighted by molar-refractivity contribution is -0.151. The van der Waals surface area contributed by atoms with Gasteiger partial charge in [-0.15, -0.1) is 0 Å². The average Bonchev–Trinajstić information content (AvgIpc) is 3.54. The van der Waals surface area contributed by atoms with Crippen LogP contribution in [0.25, 0.3) is 0 Å². The SMILES string of the molecule is C[C@H]1[C@H]([Si](C)(C)O)[C@@H](CC(=O)N2Cc3ccccc3C[C@H]2CO)O[C@]12C(=O)N(Cc1cccc(N(C=O)c3ccccc3)c1)c1ccccc12. The largest absolute Gasteiger partial charge is 0.432 e. The summed E-state index contributed by atoms with van der Waals surface area (Å²) in [6.45, 7) is 6.13. The van der Waals surface area contributed by atoms with E-state index in [0.717, 1.165) is 40.0 Å². The van der Waals surface area contributed by atoms with Crippen molar-refractivity contribution < 1.29 is 29.0 Å². The van der Waals surface area contributed by atoms with E-state index in [0.29, 0.717) is 18.7 Å². The first-order chi connectivity index (χ1) is 24.1. The van der Waals surface area contributed by atoms with Gasteiger partial charge < -0.3 is 24.4 Å². The number of aliphatic hydroxyl groups is 1. The highest BCUT2D eigenvalue weighted by atomic mass is 28.4. The van der Waals surface area contributed by atoms with Crippen molar-refractivity contribution in [3.05, 3.63) is 125 Å². The van der Waals surface area contributed by atoms with Crippen LogP contribution in [0.2, 0.25) is 18.6 Å². The number of hydrogen-bond acceptors (Lipinski definition) is 6. The molecule has 10 heteroatoms. The van der Waals surface area contributed by atoms with Crippen molar-refractivity contribution in [2.24, 2.45) is 5.92 Å². The molecule has 0 saturated carbocycles. The summed E-state index contributed by atoms with van der Waals surface area (Å²) in [5.74, 6) is -0.817. The van der Waals surface area contributed by atoms with Crippen LogP contribution in [0.4, 0.5) is 17.1 Å². The summed E-state index contributed by atoms with van der Waals surface area (Å²) in [4.78, 5) is 57.9. The van der Waals surface area contributed by atoms with Gasteiger partial charge in [0.05, 0.1) is 37.4 Å². The molecule has 5 atom stereocenters. The number of para-hydroxylation sites is 2. The number of carbonyl (C=O) groups excluding carboxylic acids is 3. The van der Waals surface area contributed by atoms with E-state index in [1.807, 2.05) is 123 Å². The zero-order valence-corrected chi connectivity index (χ0v) is 29.6. The Kier molecular flexibility index (Phi) is 8.98. The monoisotopic (exact) mass is 689 g/mol. The highest BCUT2D eigenvalue weighted by Crippen LogP contribution is 2.59. The van der Waals surface area contributed by atoms with Crippen LogP contribution in [0.15, 0.2) is 103 Å². The van der Waals surface area contributed by atoms with Crippen molar-refractivity contribution in [2.45, 2.75) is 69.2 Å². The molecule has 1 saturated heterocycles. The van der Waals surface area contributed by atoms with Gasteiger partial charge in [-0.05, 0) is 66.5 Å². The number of nitrogens with zero attached hydrogens (tertiary/aromatic N) is 3. The zero-order chi connectivity index (χ0) is 35.2. The van der Waals surface area contributed by atoms with Gasteiger partial charge in [0, 0.05) is 34.9 Å². The number of carbonyl (C=O) groups is 3. The Morgan fingerprint density at radius 1 is 0.960 bits per heavy atom. The van der Waals surface area contributed by atoms with E-state index >= 15 is 0 Å². The minimum absolute atomic E-state index is 0.00901. The maximum Gasteiger partial charge on any atom is 0.264 e. The third-order valence-corrected chi connectivity index (χ3v) is 13.3. The van der Waals surface area contributed by atoms with Crippen LogP contribution in [-0.2, 0) is 44.2 Å². The van der Waals surface area contributed by atoms with Crippen LogP contribution in [0.1, 0.15) is 35.6 Å². The molecule has 3 heterocycles.